The third kappa shape index (κ3) is 3.58. The average molecular weight is 265 g/mol. The number of carboxylic acid groups (broad SMARTS) is 1. The molecule has 0 aliphatic heterocycles. The zero-order chi connectivity index (χ0) is 13.7. The van der Waals surface area contributed by atoms with E-state index in [2.05, 4.69) is 11.4 Å². The molecule has 0 bridgehead atoms. The summed E-state index contributed by atoms with van der Waals surface area (Å²) in [6.45, 7) is 0.286. The first-order valence-corrected chi connectivity index (χ1v) is 7.30. The lowest BCUT2D eigenvalue weighted by Crippen LogP contribution is -2.41. The second-order valence-corrected chi connectivity index (χ2v) is 5.85. The molecule has 0 aromatic carbocycles. The highest BCUT2D eigenvalue weighted by Crippen LogP contribution is 2.37. The predicted octanol–water partition coefficient (Wildman–Crippen LogP) is 2.64. The van der Waals surface area contributed by atoms with Gasteiger partial charge in [0.15, 0.2) is 0 Å². The molecular formula is C15H23NO3. The number of rotatable bonds is 5. The Morgan fingerprint density at radius 1 is 1.21 bits per heavy atom. The molecule has 0 unspecified atom stereocenters. The van der Waals surface area contributed by atoms with Crippen LogP contribution >= 0.6 is 0 Å². The summed E-state index contributed by atoms with van der Waals surface area (Å²) >= 11 is 0. The lowest BCUT2D eigenvalue weighted by atomic mass is 9.86. The minimum atomic E-state index is -0.762. The smallest absolute Gasteiger partial charge is 0.311 e. The summed E-state index contributed by atoms with van der Waals surface area (Å²) in [4.78, 5) is 23.3. The van der Waals surface area contributed by atoms with Crippen LogP contribution in [0.2, 0.25) is 0 Å². The Balaban J connectivity index is 1.82. The number of hydrogen-bond acceptors (Lipinski definition) is 2. The second kappa shape index (κ2) is 6.22. The quantitative estimate of drug-likeness (QED) is 0.751. The van der Waals surface area contributed by atoms with Crippen LogP contribution < -0.4 is 5.32 Å². The van der Waals surface area contributed by atoms with Crippen molar-refractivity contribution in [3.8, 4) is 0 Å². The number of hydrogen-bond donors (Lipinski definition) is 2. The topological polar surface area (TPSA) is 66.4 Å². The van der Waals surface area contributed by atoms with Crippen molar-refractivity contribution in [2.24, 2.45) is 5.41 Å². The number of carbonyl (C=O) groups is 2. The average Bonchev–Trinajstić information content (AvgIpc) is 2.88. The maximum absolute atomic E-state index is 11.9. The molecule has 106 valence electrons. The van der Waals surface area contributed by atoms with Crippen LogP contribution in [0.1, 0.15) is 57.8 Å². The standard InChI is InChI=1S/C15H23NO3/c17-13(10-12-6-2-1-3-7-12)16-11-15(14(18)19)8-4-5-9-15/h6H,1-5,7-11H2,(H,16,17)(H,18,19). The number of nitrogens with one attached hydrogen (secondary N) is 1. The van der Waals surface area contributed by atoms with E-state index in [4.69, 9.17) is 0 Å². The van der Waals surface area contributed by atoms with Gasteiger partial charge in [-0.15, -0.1) is 0 Å². The fraction of sp³-hybridized carbons (Fsp3) is 0.733. The minimum absolute atomic E-state index is 0.0272. The summed E-state index contributed by atoms with van der Waals surface area (Å²) in [5, 5.41) is 12.2. The summed E-state index contributed by atoms with van der Waals surface area (Å²) in [6, 6.07) is 0. The SMILES string of the molecule is O=C(CC1=CCCCC1)NCC1(C(=O)O)CCCC1. The molecule has 2 aliphatic carbocycles. The van der Waals surface area contributed by atoms with Gasteiger partial charge in [0, 0.05) is 13.0 Å². The zero-order valence-corrected chi connectivity index (χ0v) is 11.4. The van der Waals surface area contributed by atoms with Gasteiger partial charge in [0.2, 0.25) is 5.91 Å². The van der Waals surface area contributed by atoms with Crippen molar-refractivity contribution in [3.05, 3.63) is 11.6 Å². The Kier molecular flexibility index (Phi) is 4.61. The van der Waals surface area contributed by atoms with E-state index in [0.717, 1.165) is 32.1 Å². The van der Waals surface area contributed by atoms with E-state index < -0.39 is 11.4 Å². The van der Waals surface area contributed by atoms with E-state index >= 15 is 0 Å². The Morgan fingerprint density at radius 3 is 2.53 bits per heavy atom. The molecule has 1 amide bonds. The van der Waals surface area contributed by atoms with Gasteiger partial charge in [-0.3, -0.25) is 9.59 Å². The number of aliphatic carboxylic acids is 1. The van der Waals surface area contributed by atoms with Crippen molar-refractivity contribution in [2.45, 2.75) is 57.8 Å². The molecule has 2 N–H and O–H groups in total. The maximum atomic E-state index is 11.9. The molecule has 0 radical (unpaired) electrons. The Labute approximate surface area is 114 Å². The van der Waals surface area contributed by atoms with E-state index in [1.54, 1.807) is 0 Å². The highest BCUT2D eigenvalue weighted by Gasteiger charge is 2.41. The molecule has 2 rings (SSSR count). The number of amides is 1. The monoisotopic (exact) mass is 265 g/mol. The van der Waals surface area contributed by atoms with E-state index in [1.807, 2.05) is 0 Å². The van der Waals surface area contributed by atoms with E-state index in [0.29, 0.717) is 19.3 Å². The van der Waals surface area contributed by atoms with Crippen molar-refractivity contribution < 1.29 is 14.7 Å². The van der Waals surface area contributed by atoms with Crippen LogP contribution in [-0.2, 0) is 9.59 Å². The van der Waals surface area contributed by atoms with E-state index in [9.17, 15) is 14.7 Å². The van der Waals surface area contributed by atoms with Crippen molar-refractivity contribution in [2.75, 3.05) is 6.54 Å². The molecule has 0 atom stereocenters. The van der Waals surface area contributed by atoms with Crippen LogP contribution in [-0.4, -0.2) is 23.5 Å². The summed E-state index contributed by atoms with van der Waals surface area (Å²) in [5.41, 5.74) is 0.496. The summed E-state index contributed by atoms with van der Waals surface area (Å²) < 4.78 is 0. The molecule has 4 heteroatoms. The lowest BCUT2D eigenvalue weighted by Gasteiger charge is -2.24. The van der Waals surface area contributed by atoms with Gasteiger partial charge in [0.1, 0.15) is 0 Å². The van der Waals surface area contributed by atoms with Gasteiger partial charge >= 0.3 is 5.97 Å². The minimum Gasteiger partial charge on any atom is -0.481 e. The largest absolute Gasteiger partial charge is 0.481 e. The van der Waals surface area contributed by atoms with Gasteiger partial charge in [0.05, 0.1) is 5.41 Å². The van der Waals surface area contributed by atoms with Crippen molar-refractivity contribution in [1.82, 2.24) is 5.32 Å². The van der Waals surface area contributed by atoms with Gasteiger partial charge in [-0.05, 0) is 38.5 Å². The van der Waals surface area contributed by atoms with Crippen LogP contribution in [0.5, 0.6) is 0 Å². The Morgan fingerprint density at radius 2 is 1.95 bits per heavy atom. The number of allylic oxidation sites excluding steroid dienone is 1. The molecule has 0 spiro atoms. The lowest BCUT2D eigenvalue weighted by molar-refractivity contribution is -0.148. The number of carboxylic acids is 1. The molecule has 2 aliphatic rings. The maximum Gasteiger partial charge on any atom is 0.311 e. The van der Waals surface area contributed by atoms with Crippen LogP contribution in [0.15, 0.2) is 11.6 Å². The number of carbonyl (C=O) groups excluding carboxylic acids is 1. The third-order valence-electron chi connectivity index (χ3n) is 4.41. The van der Waals surface area contributed by atoms with Gasteiger partial charge in [0.25, 0.3) is 0 Å². The first-order chi connectivity index (χ1) is 9.12. The summed E-state index contributed by atoms with van der Waals surface area (Å²) in [7, 11) is 0. The fourth-order valence-corrected chi connectivity index (χ4v) is 3.12. The summed E-state index contributed by atoms with van der Waals surface area (Å²) in [5.74, 6) is -0.789. The normalized spacial score (nSPS) is 21.8. The van der Waals surface area contributed by atoms with Gasteiger partial charge in [-0.1, -0.05) is 24.5 Å². The van der Waals surface area contributed by atoms with Crippen LogP contribution in [0.4, 0.5) is 0 Å². The fourth-order valence-electron chi connectivity index (χ4n) is 3.12. The predicted molar refractivity (Wildman–Crippen MR) is 72.7 cm³/mol. The van der Waals surface area contributed by atoms with Gasteiger partial charge < -0.3 is 10.4 Å². The molecule has 0 aromatic heterocycles. The molecule has 0 aromatic rings. The molecule has 1 fully saturated rings. The molecule has 0 heterocycles. The molecular weight excluding hydrogens is 242 g/mol. The Hall–Kier alpha value is -1.32. The van der Waals surface area contributed by atoms with E-state index in [1.165, 1.54) is 12.0 Å². The third-order valence-corrected chi connectivity index (χ3v) is 4.41. The summed E-state index contributed by atoms with van der Waals surface area (Å²) in [6.07, 6.45) is 10.3. The van der Waals surface area contributed by atoms with Crippen LogP contribution in [0.3, 0.4) is 0 Å². The Bertz CT molecular complexity index is 381. The van der Waals surface area contributed by atoms with Crippen molar-refractivity contribution in [1.29, 1.82) is 0 Å². The van der Waals surface area contributed by atoms with Gasteiger partial charge in [-0.2, -0.15) is 0 Å². The molecule has 0 saturated heterocycles. The van der Waals surface area contributed by atoms with Crippen LogP contribution in [0.25, 0.3) is 0 Å². The first kappa shape index (κ1) is 14.1. The van der Waals surface area contributed by atoms with Crippen molar-refractivity contribution in [3.63, 3.8) is 0 Å². The molecule has 1 saturated carbocycles. The molecule has 19 heavy (non-hydrogen) atoms. The van der Waals surface area contributed by atoms with E-state index in [-0.39, 0.29) is 12.5 Å². The van der Waals surface area contributed by atoms with Gasteiger partial charge in [-0.25, -0.2) is 0 Å². The highest BCUT2D eigenvalue weighted by atomic mass is 16.4. The highest BCUT2D eigenvalue weighted by molar-refractivity contribution is 5.80. The zero-order valence-electron chi connectivity index (χ0n) is 11.4. The second-order valence-electron chi connectivity index (χ2n) is 5.85. The van der Waals surface area contributed by atoms with Crippen LogP contribution in [0, 0.1) is 5.41 Å². The molecule has 4 nitrogen and oxygen atoms in total. The first-order valence-electron chi connectivity index (χ1n) is 7.30. The van der Waals surface area contributed by atoms with Crippen molar-refractivity contribution >= 4 is 11.9 Å².